The predicted octanol–water partition coefficient (Wildman–Crippen LogP) is 6.00. The summed E-state index contributed by atoms with van der Waals surface area (Å²) in [4.78, 5) is 16.9. The fraction of sp³-hybridized carbons (Fsp3) is 0.333. The lowest BCUT2D eigenvalue weighted by Crippen LogP contribution is -2.30. The van der Waals surface area contributed by atoms with E-state index in [2.05, 4.69) is 5.16 Å². The Morgan fingerprint density at radius 1 is 1.43 bits per heavy atom. The average Bonchev–Trinajstić information content (AvgIpc) is 3.26. The summed E-state index contributed by atoms with van der Waals surface area (Å²) >= 11 is 6.87. The first-order valence-electron chi connectivity index (χ1n) is 11.7. The molecule has 1 heterocycles. The zero-order chi connectivity index (χ0) is 26.9. The number of hydrogen-bond acceptors (Lipinski definition) is 7. The summed E-state index contributed by atoms with van der Waals surface area (Å²) in [6.07, 6.45) is -0.239. The molecule has 2 aromatic carbocycles. The van der Waals surface area contributed by atoms with E-state index < -0.39 is 31.9 Å². The molecule has 1 fully saturated rings. The quantitative estimate of drug-likeness (QED) is 0.0823. The number of allylic oxidation sites excluding steroid dienone is 1. The minimum absolute atomic E-state index is 0.0105. The lowest BCUT2D eigenvalue weighted by Gasteiger charge is -2.17. The van der Waals surface area contributed by atoms with Crippen molar-refractivity contribution in [1.82, 2.24) is 0 Å². The lowest BCUT2D eigenvalue weighted by atomic mass is 10.1. The number of rotatable bonds is 12. The highest BCUT2D eigenvalue weighted by Gasteiger charge is 2.40. The first-order chi connectivity index (χ1) is 17.7. The number of carbonyl (C=O) groups is 1. The molecule has 2 unspecified atom stereocenters. The van der Waals surface area contributed by atoms with Crippen LogP contribution in [0.3, 0.4) is 0 Å². The number of Topliss-reactive ketones (excluding diaryl/α,β-unsaturated/α-hetero) is 1. The number of nitrogens with zero attached hydrogens (tertiary/aromatic N) is 1. The van der Waals surface area contributed by atoms with Crippen LogP contribution in [0.5, 0.6) is 5.75 Å². The third-order valence-corrected chi connectivity index (χ3v) is 6.33. The molecule has 0 aromatic heterocycles. The number of ketones is 1. The third kappa shape index (κ3) is 8.33. The zero-order valence-electron chi connectivity index (χ0n) is 21.4. The summed E-state index contributed by atoms with van der Waals surface area (Å²) in [5.41, 5.74) is 2.37. The van der Waals surface area contributed by atoms with Crippen LogP contribution in [0.15, 0.2) is 53.2 Å². The van der Waals surface area contributed by atoms with Crippen molar-refractivity contribution in [2.24, 2.45) is 5.16 Å². The van der Waals surface area contributed by atoms with Gasteiger partial charge in [0.1, 0.15) is 26.3 Å². The van der Waals surface area contributed by atoms with Crippen LogP contribution >= 0.6 is 30.9 Å². The minimum atomic E-state index is -1.54. The molecule has 1 saturated heterocycles. The van der Waals surface area contributed by atoms with Crippen LogP contribution in [0, 0.1) is 5.82 Å². The Labute approximate surface area is 219 Å². The molecule has 0 N–H and O–H groups in total. The highest BCUT2D eigenvalue weighted by atomic mass is 35.5. The molecular formula is C24H26BClFNO5PS. The van der Waals surface area contributed by atoms with E-state index in [1.54, 1.807) is 38.1 Å². The number of oxime groups is 1. The predicted molar refractivity (Wildman–Crippen MR) is 142 cm³/mol. The standard InChI is InChI=1S/C24H26BClFNO5PS/c1-14(16(3)29)9-17-7-8-21(20(27)11-17)31-23-12-22(33-35-34-25)24(32-23)15(2)28-30-13-18-5-4-6-19(26)10-18/h4-11,22-25,34H,12-13H2,1-3H3/b14-9+,28-15?/t22?,23-,24-,34?/m1/s1/i25T,34D. The van der Waals surface area contributed by atoms with E-state index in [1.165, 1.54) is 19.1 Å². The van der Waals surface area contributed by atoms with Crippen molar-refractivity contribution in [1.29, 1.82) is 2.61 Å². The lowest BCUT2D eigenvalue weighted by molar-refractivity contribution is -0.113. The molecule has 6 nitrogen and oxygen atoms in total. The Morgan fingerprint density at radius 3 is 2.97 bits per heavy atom. The number of halogens is 2. The van der Waals surface area contributed by atoms with Gasteiger partial charge in [-0.1, -0.05) is 42.6 Å². The molecule has 1 radical (unpaired) electrons. The van der Waals surface area contributed by atoms with E-state index in [0.717, 1.165) is 24.8 Å². The van der Waals surface area contributed by atoms with Gasteiger partial charge in [0, 0.05) is 23.1 Å². The summed E-state index contributed by atoms with van der Waals surface area (Å²) in [7, 11) is -0.537. The normalized spacial score (nSPS) is 22.3. The fourth-order valence-corrected chi connectivity index (χ4v) is 4.35. The molecule has 35 heavy (non-hydrogen) atoms. The number of ether oxygens (including phenoxy) is 2. The van der Waals surface area contributed by atoms with Gasteiger partial charge < -0.3 is 18.5 Å². The van der Waals surface area contributed by atoms with Gasteiger partial charge in [-0.3, -0.25) is 4.79 Å². The van der Waals surface area contributed by atoms with E-state index in [1.807, 2.05) is 12.1 Å². The van der Waals surface area contributed by atoms with Crippen molar-refractivity contribution >= 4 is 56.0 Å². The number of carbonyl (C=O) groups excluding carboxylic acids is 1. The van der Waals surface area contributed by atoms with Crippen molar-refractivity contribution in [3.8, 4) is 5.75 Å². The Balaban J connectivity index is 1.69. The zero-order valence-corrected chi connectivity index (χ0v) is 21.9. The first kappa shape index (κ1) is 24.8. The van der Waals surface area contributed by atoms with Crippen LogP contribution in [0.2, 0.25) is 5.02 Å². The number of benzene rings is 2. The van der Waals surface area contributed by atoms with Crippen molar-refractivity contribution < 1.29 is 27.7 Å². The monoisotopic (exact) mass is 539 g/mol. The molecule has 0 spiro atoms. The number of hydrogen-bond donors (Lipinski definition) is 0. The van der Waals surface area contributed by atoms with Gasteiger partial charge in [0.2, 0.25) is 6.29 Å². The SMILES string of the molecule is [2H]P([B][3H])SOC1C[C@H](Oc2ccc(/C=C(\C)C(C)=O)cc2F)O[C@@H]1C(C)=NOCc1cccc(Cl)c1. The summed E-state index contributed by atoms with van der Waals surface area (Å²) in [5, 5.41) is 4.74. The molecule has 11 heteroatoms. The molecular weight excluding hydrogens is 511 g/mol. The van der Waals surface area contributed by atoms with Crippen LogP contribution in [0.1, 0.15) is 38.3 Å². The molecule has 0 saturated carbocycles. The fourth-order valence-electron chi connectivity index (χ4n) is 3.32. The van der Waals surface area contributed by atoms with E-state index in [9.17, 15) is 9.18 Å². The maximum Gasteiger partial charge on any atom is 0.203 e. The molecule has 1 aliphatic heterocycles. The molecule has 185 valence electrons. The Hall–Kier alpha value is -1.90. The van der Waals surface area contributed by atoms with E-state index in [-0.39, 0.29) is 24.6 Å². The van der Waals surface area contributed by atoms with Gasteiger partial charge in [-0.2, -0.15) is 0 Å². The van der Waals surface area contributed by atoms with E-state index in [4.69, 9.17) is 32.7 Å². The van der Waals surface area contributed by atoms with Gasteiger partial charge in [0.25, 0.3) is 0 Å². The van der Waals surface area contributed by atoms with Gasteiger partial charge in [-0.25, -0.2) is 4.39 Å². The minimum Gasteiger partial charge on any atom is -0.462 e. The van der Waals surface area contributed by atoms with Gasteiger partial charge in [-0.05, 0) is 69.1 Å². The van der Waals surface area contributed by atoms with Crippen molar-refractivity contribution in [3.05, 3.63) is 70.0 Å². The van der Waals surface area contributed by atoms with Crippen LogP contribution < -0.4 is 4.74 Å². The Bertz CT molecular complexity index is 1160. The summed E-state index contributed by atoms with van der Waals surface area (Å²) < 4.78 is 47.3. The van der Waals surface area contributed by atoms with Gasteiger partial charge in [0.05, 0.1) is 6.99 Å². The highest BCUT2D eigenvalue weighted by Crippen LogP contribution is 2.35. The first-order valence-corrected chi connectivity index (χ1v) is 13.4. The molecule has 1 aliphatic rings. The van der Waals surface area contributed by atoms with Gasteiger partial charge >= 0.3 is 0 Å². The molecule has 0 amide bonds. The second-order valence-corrected chi connectivity index (χ2v) is 9.93. The second-order valence-electron chi connectivity index (χ2n) is 7.86. The maximum absolute atomic E-state index is 14.7. The molecule has 4 atom stereocenters. The molecule has 2 aromatic rings. The molecule has 0 aliphatic carbocycles. The average molecular weight is 540 g/mol. The van der Waals surface area contributed by atoms with Gasteiger partial charge in [-0.15, -0.1) is 0 Å². The molecule has 3 rings (SSSR count). The van der Waals surface area contributed by atoms with Crippen LogP contribution in [0.4, 0.5) is 4.39 Å². The van der Waals surface area contributed by atoms with E-state index >= 15 is 0 Å². The Kier molecular flexibility index (Phi) is 9.51. The summed E-state index contributed by atoms with van der Waals surface area (Å²) in [5.74, 6) is -0.704. The van der Waals surface area contributed by atoms with Crippen LogP contribution in [-0.4, -0.2) is 40.1 Å². The maximum atomic E-state index is 14.7. The van der Waals surface area contributed by atoms with Crippen LogP contribution in [-0.2, 0) is 25.2 Å². The molecule has 0 bridgehead atoms. The van der Waals surface area contributed by atoms with Gasteiger partial charge in [0.15, 0.2) is 17.3 Å². The highest BCUT2D eigenvalue weighted by molar-refractivity contribution is 8.53. The van der Waals surface area contributed by atoms with Crippen LogP contribution in [0.25, 0.3) is 6.08 Å². The Morgan fingerprint density at radius 2 is 2.26 bits per heavy atom. The smallest absolute Gasteiger partial charge is 0.203 e. The van der Waals surface area contributed by atoms with Crippen molar-refractivity contribution in [2.75, 3.05) is 0 Å². The topological polar surface area (TPSA) is 66.4 Å². The van der Waals surface area contributed by atoms with Crippen molar-refractivity contribution in [3.63, 3.8) is 0 Å². The largest absolute Gasteiger partial charge is 0.462 e. The summed E-state index contributed by atoms with van der Waals surface area (Å²) in [6, 6.07) is 11.6. The van der Waals surface area contributed by atoms with Crippen molar-refractivity contribution in [2.45, 2.75) is 52.3 Å². The summed E-state index contributed by atoms with van der Waals surface area (Å²) in [6.45, 7) is 5.03. The second kappa shape index (κ2) is 13.4. The third-order valence-electron chi connectivity index (χ3n) is 5.16. The van der Waals surface area contributed by atoms with E-state index in [0.29, 0.717) is 21.9 Å².